The van der Waals surface area contributed by atoms with Crippen LogP contribution < -0.4 is 5.73 Å². The quantitative estimate of drug-likeness (QED) is 0.711. The lowest BCUT2D eigenvalue weighted by Gasteiger charge is -2.26. The van der Waals surface area contributed by atoms with Crippen LogP contribution in [0.4, 0.5) is 0 Å². The molecule has 1 aliphatic carbocycles. The highest BCUT2D eigenvalue weighted by molar-refractivity contribution is 5.43. The number of hydrogen-bond donors (Lipinski definition) is 2. The van der Waals surface area contributed by atoms with Crippen LogP contribution in [0.5, 0.6) is 0 Å². The molecule has 1 aromatic carbocycles. The van der Waals surface area contributed by atoms with Gasteiger partial charge >= 0.3 is 0 Å². The Morgan fingerprint density at radius 3 is 3.00 bits per heavy atom. The summed E-state index contributed by atoms with van der Waals surface area (Å²) in [6.07, 6.45) is 3.29. The maximum atomic E-state index is 9.23. The van der Waals surface area contributed by atoms with Gasteiger partial charge in [0.2, 0.25) is 0 Å². The van der Waals surface area contributed by atoms with Crippen molar-refractivity contribution in [2.75, 3.05) is 0 Å². The zero-order chi connectivity index (χ0) is 10.1. The molecular formula is C12H17NO. The zero-order valence-corrected chi connectivity index (χ0v) is 8.59. The lowest BCUT2D eigenvalue weighted by Crippen LogP contribution is -2.20. The number of aryl methyl sites for hydroxylation is 1. The van der Waals surface area contributed by atoms with E-state index in [9.17, 15) is 5.11 Å². The second-order valence-corrected chi connectivity index (χ2v) is 4.09. The number of rotatable bonds is 1. The van der Waals surface area contributed by atoms with Gasteiger partial charge in [-0.25, -0.2) is 0 Å². The maximum Gasteiger partial charge on any atom is 0.0684 e. The van der Waals surface area contributed by atoms with E-state index in [1.807, 2.05) is 6.07 Å². The third kappa shape index (κ3) is 1.45. The van der Waals surface area contributed by atoms with Crippen LogP contribution >= 0.6 is 0 Å². The van der Waals surface area contributed by atoms with Gasteiger partial charge in [-0.1, -0.05) is 12.1 Å². The van der Waals surface area contributed by atoms with Gasteiger partial charge in [0.15, 0.2) is 0 Å². The molecule has 0 bridgehead atoms. The van der Waals surface area contributed by atoms with E-state index in [0.717, 1.165) is 24.8 Å². The fourth-order valence-corrected chi connectivity index (χ4v) is 2.43. The molecule has 0 heterocycles. The average Bonchev–Trinajstić information content (AvgIpc) is 2.18. The summed E-state index contributed by atoms with van der Waals surface area (Å²) in [4.78, 5) is 0. The summed E-state index contributed by atoms with van der Waals surface area (Å²) in [6, 6.07) is 4.26. The number of aliphatic hydroxyl groups is 1. The summed E-state index contributed by atoms with van der Waals surface area (Å²) >= 11 is 0. The first kappa shape index (κ1) is 9.69. The van der Waals surface area contributed by atoms with Gasteiger partial charge in [-0.3, -0.25) is 0 Å². The Bertz CT molecular complexity index is 346. The van der Waals surface area contributed by atoms with E-state index < -0.39 is 0 Å². The molecule has 2 rings (SSSR count). The highest BCUT2D eigenvalue weighted by Crippen LogP contribution is 2.32. The first-order chi connectivity index (χ1) is 6.74. The lowest BCUT2D eigenvalue weighted by molar-refractivity contribution is 0.279. The first-order valence-corrected chi connectivity index (χ1v) is 5.21. The Morgan fingerprint density at radius 2 is 2.29 bits per heavy atom. The van der Waals surface area contributed by atoms with E-state index in [2.05, 4.69) is 13.0 Å². The number of hydrogen-bond acceptors (Lipinski definition) is 2. The molecule has 3 N–H and O–H groups in total. The first-order valence-electron chi connectivity index (χ1n) is 5.21. The molecule has 0 unspecified atom stereocenters. The Kier molecular flexibility index (Phi) is 2.57. The Morgan fingerprint density at radius 1 is 1.50 bits per heavy atom. The van der Waals surface area contributed by atoms with E-state index >= 15 is 0 Å². The molecule has 1 atom stereocenters. The monoisotopic (exact) mass is 191 g/mol. The topological polar surface area (TPSA) is 46.2 Å². The van der Waals surface area contributed by atoms with Crippen molar-refractivity contribution in [1.82, 2.24) is 0 Å². The van der Waals surface area contributed by atoms with Crippen molar-refractivity contribution in [3.8, 4) is 0 Å². The molecule has 76 valence electrons. The van der Waals surface area contributed by atoms with Crippen LogP contribution in [-0.2, 0) is 13.0 Å². The molecular weight excluding hydrogens is 174 g/mol. The molecule has 1 aliphatic rings. The molecule has 0 aromatic heterocycles. The molecule has 2 nitrogen and oxygen atoms in total. The van der Waals surface area contributed by atoms with Crippen molar-refractivity contribution in [3.05, 3.63) is 34.4 Å². The van der Waals surface area contributed by atoms with Gasteiger partial charge in [-0.2, -0.15) is 0 Å². The number of benzene rings is 1. The number of aliphatic hydroxyl groups excluding tert-OH is 1. The van der Waals surface area contributed by atoms with Crippen molar-refractivity contribution in [2.45, 2.75) is 38.8 Å². The summed E-state index contributed by atoms with van der Waals surface area (Å²) in [5.74, 6) is 0. The van der Waals surface area contributed by atoms with E-state index in [4.69, 9.17) is 5.73 Å². The molecule has 14 heavy (non-hydrogen) atoms. The third-order valence-electron chi connectivity index (χ3n) is 3.16. The normalized spacial score (nSPS) is 20.6. The van der Waals surface area contributed by atoms with Gasteiger partial charge in [0.1, 0.15) is 0 Å². The van der Waals surface area contributed by atoms with Gasteiger partial charge in [-0.05, 0) is 48.4 Å². The van der Waals surface area contributed by atoms with Crippen molar-refractivity contribution >= 4 is 0 Å². The van der Waals surface area contributed by atoms with Gasteiger partial charge in [0, 0.05) is 6.04 Å². The second-order valence-electron chi connectivity index (χ2n) is 4.09. The second kappa shape index (κ2) is 3.71. The van der Waals surface area contributed by atoms with Gasteiger partial charge in [-0.15, -0.1) is 0 Å². The summed E-state index contributed by atoms with van der Waals surface area (Å²) in [5, 5.41) is 9.23. The Hall–Kier alpha value is -0.860. The summed E-state index contributed by atoms with van der Waals surface area (Å²) in [7, 11) is 0. The van der Waals surface area contributed by atoms with Crippen LogP contribution in [0.2, 0.25) is 0 Å². The van der Waals surface area contributed by atoms with Gasteiger partial charge in [0.25, 0.3) is 0 Å². The van der Waals surface area contributed by atoms with Crippen LogP contribution in [0, 0.1) is 6.92 Å². The van der Waals surface area contributed by atoms with Gasteiger partial charge in [0.05, 0.1) is 6.61 Å². The van der Waals surface area contributed by atoms with Crippen molar-refractivity contribution < 1.29 is 5.11 Å². The van der Waals surface area contributed by atoms with Crippen molar-refractivity contribution in [2.24, 2.45) is 5.73 Å². The fraction of sp³-hybridized carbons (Fsp3) is 0.500. The number of nitrogens with two attached hydrogens (primary N) is 1. The highest BCUT2D eigenvalue weighted by Gasteiger charge is 2.20. The van der Waals surface area contributed by atoms with E-state index in [1.165, 1.54) is 16.7 Å². The third-order valence-corrected chi connectivity index (χ3v) is 3.16. The average molecular weight is 191 g/mol. The standard InChI is InChI=1S/C12H17NO/c1-8-5-6-9(7-14)10-3-2-4-11(13)12(8)10/h5-6,11,14H,2-4,7,13H2,1H3/t11-/m1/s1. The molecule has 0 saturated carbocycles. The molecule has 0 saturated heterocycles. The van der Waals surface area contributed by atoms with Crippen LogP contribution in [-0.4, -0.2) is 5.11 Å². The molecule has 0 spiro atoms. The van der Waals surface area contributed by atoms with E-state index in [0.29, 0.717) is 0 Å². The lowest BCUT2D eigenvalue weighted by atomic mass is 9.83. The van der Waals surface area contributed by atoms with E-state index in [1.54, 1.807) is 0 Å². The Labute approximate surface area is 84.7 Å². The maximum absolute atomic E-state index is 9.23. The molecule has 0 radical (unpaired) electrons. The predicted molar refractivity (Wildman–Crippen MR) is 57.0 cm³/mol. The van der Waals surface area contributed by atoms with Crippen molar-refractivity contribution in [3.63, 3.8) is 0 Å². The van der Waals surface area contributed by atoms with Crippen LogP contribution in [0.3, 0.4) is 0 Å². The highest BCUT2D eigenvalue weighted by atomic mass is 16.3. The molecule has 0 aliphatic heterocycles. The van der Waals surface area contributed by atoms with Crippen LogP contribution in [0.25, 0.3) is 0 Å². The van der Waals surface area contributed by atoms with Crippen LogP contribution in [0.15, 0.2) is 12.1 Å². The smallest absolute Gasteiger partial charge is 0.0684 e. The fourth-order valence-electron chi connectivity index (χ4n) is 2.43. The summed E-state index contributed by atoms with van der Waals surface area (Å²) < 4.78 is 0. The van der Waals surface area contributed by atoms with Gasteiger partial charge < -0.3 is 10.8 Å². The number of fused-ring (bicyclic) bond motifs is 1. The summed E-state index contributed by atoms with van der Waals surface area (Å²) in [6.45, 7) is 2.24. The molecule has 0 amide bonds. The SMILES string of the molecule is Cc1ccc(CO)c2c1[C@H](N)CCC2. The summed E-state index contributed by atoms with van der Waals surface area (Å²) in [5.41, 5.74) is 11.0. The largest absolute Gasteiger partial charge is 0.392 e. The Balaban J connectivity index is 2.57. The van der Waals surface area contributed by atoms with Crippen molar-refractivity contribution in [1.29, 1.82) is 0 Å². The molecule has 1 aromatic rings. The molecule has 0 fully saturated rings. The predicted octanol–water partition coefficient (Wildman–Crippen LogP) is 1.82. The minimum absolute atomic E-state index is 0.134. The minimum atomic E-state index is 0.134. The van der Waals surface area contributed by atoms with E-state index in [-0.39, 0.29) is 12.6 Å². The zero-order valence-electron chi connectivity index (χ0n) is 8.59. The minimum Gasteiger partial charge on any atom is -0.392 e. The van der Waals surface area contributed by atoms with Crippen LogP contribution in [0.1, 0.15) is 41.1 Å². The molecule has 2 heteroatoms.